The molecule has 1 saturated heterocycles. The summed E-state index contributed by atoms with van der Waals surface area (Å²) in [6.07, 6.45) is 4.57. The van der Waals surface area contributed by atoms with Gasteiger partial charge in [-0.3, -0.25) is 9.36 Å². The number of methoxy groups -OCH3 is 1. The van der Waals surface area contributed by atoms with Crippen LogP contribution in [-0.2, 0) is 6.54 Å². The predicted molar refractivity (Wildman–Crippen MR) is 159 cm³/mol. The first kappa shape index (κ1) is 27.2. The standard InChI is InChI=1S/C29H35N9O2S/c1-5-23-27-35-34-18(2)38(27)24-15-30-29(33-26(24)37(23)16-19-10-13-41-17-19)32-22-7-6-20(14-25(22)40-4)28(39)31-21-8-11-36(3)12-9-21/h6-7,10,13-15,17,21,23H,5,8-9,11-12,16H2,1-4H3,(H,31,39)(H,30,32,33)/t23-/m1/s1. The molecule has 11 nitrogen and oxygen atoms in total. The minimum Gasteiger partial charge on any atom is -0.495 e. The predicted octanol–water partition coefficient (Wildman–Crippen LogP) is 4.47. The zero-order chi connectivity index (χ0) is 28.5. The van der Waals surface area contributed by atoms with Gasteiger partial charge in [0.05, 0.1) is 25.0 Å². The topological polar surface area (TPSA) is 113 Å². The minimum atomic E-state index is -0.0933. The first-order valence-corrected chi connectivity index (χ1v) is 14.9. The van der Waals surface area contributed by atoms with E-state index in [2.05, 4.69) is 71.0 Å². The van der Waals surface area contributed by atoms with E-state index in [0.717, 1.165) is 55.5 Å². The molecule has 2 aliphatic heterocycles. The van der Waals surface area contributed by atoms with Gasteiger partial charge in [-0.1, -0.05) is 6.92 Å². The molecule has 2 N–H and O–H groups in total. The molecule has 214 valence electrons. The minimum absolute atomic E-state index is 0.0169. The third kappa shape index (κ3) is 5.36. The second kappa shape index (κ2) is 11.5. The summed E-state index contributed by atoms with van der Waals surface area (Å²) in [4.78, 5) is 27.2. The normalized spacial score (nSPS) is 17.2. The number of likely N-dealkylation sites (tertiary alicyclic amines) is 1. The third-order valence-electron chi connectivity index (χ3n) is 7.87. The lowest BCUT2D eigenvalue weighted by atomic mass is 10.0. The van der Waals surface area contributed by atoms with Crippen molar-refractivity contribution in [2.24, 2.45) is 0 Å². The number of benzene rings is 1. The molecule has 1 atom stereocenters. The van der Waals surface area contributed by atoms with Crippen molar-refractivity contribution in [3.8, 4) is 11.4 Å². The van der Waals surface area contributed by atoms with Crippen molar-refractivity contribution in [3.63, 3.8) is 0 Å². The highest BCUT2D eigenvalue weighted by Crippen LogP contribution is 2.40. The van der Waals surface area contributed by atoms with Crippen LogP contribution in [0.15, 0.2) is 41.2 Å². The molecule has 0 aliphatic carbocycles. The number of hydrogen-bond donors (Lipinski definition) is 2. The first-order valence-electron chi connectivity index (χ1n) is 14.0. The van der Waals surface area contributed by atoms with Crippen LogP contribution in [0.1, 0.15) is 59.8 Å². The van der Waals surface area contributed by atoms with Gasteiger partial charge in [0.2, 0.25) is 5.95 Å². The van der Waals surface area contributed by atoms with Gasteiger partial charge in [-0.25, -0.2) is 4.98 Å². The van der Waals surface area contributed by atoms with Gasteiger partial charge in [-0.05, 0) is 86.9 Å². The van der Waals surface area contributed by atoms with Crippen LogP contribution >= 0.6 is 11.3 Å². The van der Waals surface area contributed by atoms with Crippen LogP contribution in [-0.4, -0.2) is 68.8 Å². The third-order valence-corrected chi connectivity index (χ3v) is 8.60. The van der Waals surface area contributed by atoms with Crippen molar-refractivity contribution in [2.75, 3.05) is 37.5 Å². The number of nitrogens with zero attached hydrogens (tertiary/aromatic N) is 7. The van der Waals surface area contributed by atoms with Crippen molar-refractivity contribution in [3.05, 3.63) is 64.0 Å². The number of aromatic nitrogens is 5. The van der Waals surface area contributed by atoms with Crippen molar-refractivity contribution >= 4 is 34.7 Å². The van der Waals surface area contributed by atoms with Crippen LogP contribution in [0.25, 0.3) is 5.69 Å². The number of thiophene rings is 1. The number of carbonyl (C=O) groups excluding carboxylic acids is 1. The summed E-state index contributed by atoms with van der Waals surface area (Å²) in [5.74, 6) is 3.39. The fourth-order valence-electron chi connectivity index (χ4n) is 5.62. The summed E-state index contributed by atoms with van der Waals surface area (Å²) >= 11 is 1.68. The van der Waals surface area contributed by atoms with Gasteiger partial charge < -0.3 is 25.2 Å². The Morgan fingerprint density at radius 2 is 2.02 bits per heavy atom. The van der Waals surface area contributed by atoms with Gasteiger partial charge in [-0.2, -0.15) is 16.3 Å². The number of carbonyl (C=O) groups is 1. The monoisotopic (exact) mass is 573 g/mol. The van der Waals surface area contributed by atoms with Crippen LogP contribution in [0.4, 0.5) is 17.5 Å². The summed E-state index contributed by atoms with van der Waals surface area (Å²) in [5, 5.41) is 19.6. The van der Waals surface area contributed by atoms with Gasteiger partial charge in [0.1, 0.15) is 17.3 Å². The SMILES string of the molecule is CC[C@@H]1c2nnc(C)n2-c2cnc(Nc3ccc(C(=O)NC4CCN(C)CC4)cc3OC)nc2N1Cc1ccsc1. The quantitative estimate of drug-likeness (QED) is 0.315. The molecule has 1 amide bonds. The van der Waals surface area contributed by atoms with Gasteiger partial charge in [0.25, 0.3) is 5.91 Å². The zero-order valence-corrected chi connectivity index (χ0v) is 24.6. The molecule has 0 saturated carbocycles. The Labute approximate surface area is 243 Å². The smallest absolute Gasteiger partial charge is 0.251 e. The highest BCUT2D eigenvalue weighted by atomic mass is 32.1. The molecule has 1 fully saturated rings. The van der Waals surface area contributed by atoms with E-state index in [1.54, 1.807) is 30.6 Å². The Hall–Kier alpha value is -4.03. The molecule has 0 radical (unpaired) electrons. The Bertz CT molecular complexity index is 1530. The van der Waals surface area contributed by atoms with Gasteiger partial charge in [0, 0.05) is 18.2 Å². The van der Waals surface area contributed by atoms with E-state index in [4.69, 9.17) is 9.72 Å². The van der Waals surface area contributed by atoms with Crippen molar-refractivity contribution in [2.45, 2.75) is 51.7 Å². The second-order valence-corrected chi connectivity index (χ2v) is 11.4. The fraction of sp³-hybridized carbons (Fsp3) is 0.414. The molecule has 4 aromatic rings. The Kier molecular flexibility index (Phi) is 7.59. The summed E-state index contributed by atoms with van der Waals surface area (Å²) in [7, 11) is 3.70. The molecule has 41 heavy (non-hydrogen) atoms. The molecule has 12 heteroatoms. The van der Waals surface area contributed by atoms with Crippen LogP contribution in [0.2, 0.25) is 0 Å². The second-order valence-electron chi connectivity index (χ2n) is 10.6. The Balaban J connectivity index is 1.28. The summed E-state index contributed by atoms with van der Waals surface area (Å²) in [5.41, 5.74) is 3.30. The number of fused-ring (bicyclic) bond motifs is 3. The Morgan fingerprint density at radius 1 is 1.20 bits per heavy atom. The molecular weight excluding hydrogens is 538 g/mol. The van der Waals surface area contributed by atoms with Gasteiger partial charge in [-0.15, -0.1) is 10.2 Å². The Morgan fingerprint density at radius 3 is 2.76 bits per heavy atom. The number of rotatable bonds is 8. The van der Waals surface area contributed by atoms with E-state index < -0.39 is 0 Å². The van der Waals surface area contributed by atoms with E-state index in [-0.39, 0.29) is 18.0 Å². The maximum absolute atomic E-state index is 13.0. The van der Waals surface area contributed by atoms with Crippen molar-refractivity contribution < 1.29 is 9.53 Å². The number of anilines is 3. The maximum atomic E-state index is 13.0. The van der Waals surface area contributed by atoms with E-state index in [9.17, 15) is 4.79 Å². The van der Waals surface area contributed by atoms with E-state index in [1.807, 2.05) is 19.2 Å². The van der Waals surface area contributed by atoms with E-state index in [0.29, 0.717) is 29.5 Å². The molecule has 1 aromatic carbocycles. The van der Waals surface area contributed by atoms with Crippen LogP contribution in [0, 0.1) is 6.92 Å². The lowest BCUT2D eigenvalue weighted by Crippen LogP contribution is -2.43. The molecule has 6 rings (SSSR count). The summed E-state index contributed by atoms with van der Waals surface area (Å²) < 4.78 is 7.72. The molecule has 0 spiro atoms. The van der Waals surface area contributed by atoms with Crippen LogP contribution in [0.5, 0.6) is 5.75 Å². The molecule has 0 bridgehead atoms. The summed E-state index contributed by atoms with van der Waals surface area (Å²) in [6.45, 7) is 6.77. The number of nitrogens with one attached hydrogen (secondary N) is 2. The molecular formula is C29H35N9O2S. The lowest BCUT2D eigenvalue weighted by molar-refractivity contribution is 0.0916. The molecule has 3 aromatic heterocycles. The van der Waals surface area contributed by atoms with Crippen LogP contribution in [0.3, 0.4) is 0 Å². The zero-order valence-electron chi connectivity index (χ0n) is 23.8. The van der Waals surface area contributed by atoms with Crippen LogP contribution < -0.4 is 20.3 Å². The number of hydrogen-bond acceptors (Lipinski definition) is 10. The van der Waals surface area contributed by atoms with Gasteiger partial charge in [0.15, 0.2) is 11.6 Å². The number of piperidine rings is 1. The largest absolute Gasteiger partial charge is 0.495 e. The number of amides is 1. The molecule has 0 unspecified atom stereocenters. The molecule has 2 aliphatic rings. The number of aryl methyl sites for hydroxylation is 1. The fourth-order valence-corrected chi connectivity index (χ4v) is 6.28. The average Bonchev–Trinajstić information content (AvgIpc) is 3.64. The van der Waals surface area contributed by atoms with Crippen molar-refractivity contribution in [1.29, 1.82) is 0 Å². The number of ether oxygens (including phenoxy) is 1. The highest BCUT2D eigenvalue weighted by Gasteiger charge is 2.35. The van der Waals surface area contributed by atoms with Gasteiger partial charge >= 0.3 is 0 Å². The summed E-state index contributed by atoms with van der Waals surface area (Å²) in [6, 6.07) is 7.74. The average molecular weight is 574 g/mol. The maximum Gasteiger partial charge on any atom is 0.251 e. The van der Waals surface area contributed by atoms with E-state index >= 15 is 0 Å². The van der Waals surface area contributed by atoms with E-state index in [1.165, 1.54) is 5.56 Å². The molecule has 5 heterocycles. The van der Waals surface area contributed by atoms with Crippen molar-refractivity contribution in [1.82, 2.24) is 34.9 Å². The first-order chi connectivity index (χ1) is 19.9. The lowest BCUT2D eigenvalue weighted by Gasteiger charge is -2.37. The highest BCUT2D eigenvalue weighted by molar-refractivity contribution is 7.07.